The van der Waals surface area contributed by atoms with Crippen LogP contribution in [-0.2, 0) is 4.74 Å². The molecular formula is C16H18O2. The summed E-state index contributed by atoms with van der Waals surface area (Å²) in [6.45, 7) is 6.52. The van der Waals surface area contributed by atoms with Gasteiger partial charge >= 0.3 is 5.97 Å². The number of rotatable bonds is 3. The van der Waals surface area contributed by atoms with Crippen LogP contribution in [-0.4, -0.2) is 12.6 Å². The van der Waals surface area contributed by atoms with Crippen molar-refractivity contribution in [1.29, 1.82) is 0 Å². The lowest BCUT2D eigenvalue weighted by Gasteiger charge is -2.03. The molecule has 0 aromatic heterocycles. The van der Waals surface area contributed by atoms with E-state index in [4.69, 9.17) is 4.74 Å². The molecular weight excluding hydrogens is 224 g/mol. The Morgan fingerprint density at radius 1 is 1.22 bits per heavy atom. The van der Waals surface area contributed by atoms with Crippen LogP contribution < -0.4 is 0 Å². The van der Waals surface area contributed by atoms with Crippen LogP contribution in [0.1, 0.15) is 42.6 Å². The molecule has 0 radical (unpaired) electrons. The van der Waals surface area contributed by atoms with E-state index in [-0.39, 0.29) is 5.97 Å². The Bertz CT molecular complexity index is 529. The zero-order valence-electron chi connectivity index (χ0n) is 11.1. The lowest BCUT2D eigenvalue weighted by atomic mass is 10.0. The number of carbonyl (C=O) groups excluding carboxylic acids is 1. The molecule has 0 heterocycles. The van der Waals surface area contributed by atoms with Crippen molar-refractivity contribution in [3.8, 4) is 11.1 Å². The summed E-state index contributed by atoms with van der Waals surface area (Å²) in [6.07, 6.45) is 0. The van der Waals surface area contributed by atoms with Crippen molar-refractivity contribution in [3.05, 3.63) is 47.5 Å². The van der Waals surface area contributed by atoms with Crippen LogP contribution in [0.15, 0.2) is 36.4 Å². The molecule has 0 aliphatic heterocycles. The van der Waals surface area contributed by atoms with Gasteiger partial charge in [0.15, 0.2) is 0 Å². The third-order valence-corrected chi connectivity index (χ3v) is 3.07. The second-order valence-corrected chi connectivity index (χ2v) is 4.66. The molecule has 0 spiro atoms. The Labute approximate surface area is 108 Å². The van der Waals surface area contributed by atoms with Crippen molar-refractivity contribution in [2.75, 3.05) is 6.61 Å². The quantitative estimate of drug-likeness (QED) is 0.758. The number of ether oxygens (including phenoxy) is 1. The molecule has 0 saturated carbocycles. The topological polar surface area (TPSA) is 26.3 Å². The summed E-state index contributed by atoms with van der Waals surface area (Å²) in [5, 5.41) is 0. The summed E-state index contributed by atoms with van der Waals surface area (Å²) in [4.78, 5) is 12.0. The predicted molar refractivity (Wildman–Crippen MR) is 73.1 cm³/mol. The fourth-order valence-electron chi connectivity index (χ4n) is 2.05. The predicted octanol–water partition coefficient (Wildman–Crippen LogP) is 4.09. The van der Waals surface area contributed by atoms with Crippen molar-refractivity contribution in [1.82, 2.24) is 0 Å². The van der Waals surface area contributed by atoms with Crippen LogP contribution in [0.4, 0.5) is 0 Å². The van der Waals surface area contributed by atoms with Gasteiger partial charge in [-0.25, -0.2) is 4.79 Å². The van der Waals surface area contributed by atoms with E-state index in [2.05, 4.69) is 19.9 Å². The van der Waals surface area contributed by atoms with Crippen LogP contribution in [0.25, 0.3) is 11.1 Å². The third-order valence-electron chi connectivity index (χ3n) is 3.07. The highest BCUT2D eigenvalue weighted by molar-refractivity contribution is 5.97. The van der Waals surface area contributed by atoms with Crippen LogP contribution in [0.5, 0.6) is 0 Å². The number of hydrogen-bond donors (Lipinski definition) is 0. The second kappa shape index (κ2) is 5.21. The molecule has 94 valence electrons. The zero-order chi connectivity index (χ0) is 13.1. The largest absolute Gasteiger partial charge is 0.462 e. The van der Waals surface area contributed by atoms with Gasteiger partial charge in [0.05, 0.1) is 12.2 Å². The molecule has 0 N–H and O–H groups in total. The molecule has 0 atom stereocenters. The molecule has 0 fully saturated rings. The van der Waals surface area contributed by atoms with Crippen LogP contribution in [0.3, 0.4) is 0 Å². The van der Waals surface area contributed by atoms with Gasteiger partial charge in [0.1, 0.15) is 0 Å². The molecule has 18 heavy (non-hydrogen) atoms. The first kappa shape index (κ1) is 12.6. The Balaban J connectivity index is 2.55. The third kappa shape index (κ3) is 2.37. The fraction of sp³-hybridized carbons (Fsp3) is 0.312. The SMILES string of the molecule is CCOC(=O)c1ccc(C(C)C)cc2cccc1-2. The summed E-state index contributed by atoms with van der Waals surface area (Å²) in [6, 6.07) is 12.0. The highest BCUT2D eigenvalue weighted by atomic mass is 16.5. The normalized spacial score (nSPS) is 10.9. The molecule has 0 unspecified atom stereocenters. The van der Waals surface area contributed by atoms with E-state index in [1.54, 1.807) is 0 Å². The number of carbonyl (C=O) groups is 1. The average molecular weight is 242 g/mol. The van der Waals surface area contributed by atoms with Gasteiger partial charge in [-0.2, -0.15) is 0 Å². The van der Waals surface area contributed by atoms with E-state index in [0.29, 0.717) is 18.1 Å². The van der Waals surface area contributed by atoms with Gasteiger partial charge in [0.2, 0.25) is 0 Å². The molecule has 2 nitrogen and oxygen atoms in total. The summed E-state index contributed by atoms with van der Waals surface area (Å²) in [5.74, 6) is 0.185. The maximum Gasteiger partial charge on any atom is 0.338 e. The summed E-state index contributed by atoms with van der Waals surface area (Å²) >= 11 is 0. The average Bonchev–Trinajstić information content (AvgIpc) is 2.69. The Morgan fingerprint density at radius 3 is 2.67 bits per heavy atom. The maximum atomic E-state index is 12.0. The standard InChI is InChI=1S/C16H18O2/c1-4-18-16(17)15-9-8-12(11(2)3)10-13-6-5-7-14(13)15/h5-11H,4H2,1-3H3. The van der Waals surface area contributed by atoms with E-state index in [0.717, 1.165) is 11.1 Å². The highest BCUT2D eigenvalue weighted by Crippen LogP contribution is 2.29. The second-order valence-electron chi connectivity index (χ2n) is 4.66. The van der Waals surface area contributed by atoms with Gasteiger partial charge in [0.25, 0.3) is 0 Å². The highest BCUT2D eigenvalue weighted by Gasteiger charge is 2.15. The van der Waals surface area contributed by atoms with Crippen molar-refractivity contribution in [2.24, 2.45) is 0 Å². The molecule has 0 amide bonds. The molecule has 0 bridgehead atoms. The van der Waals surface area contributed by atoms with Crippen LogP contribution >= 0.6 is 0 Å². The molecule has 2 aliphatic carbocycles. The van der Waals surface area contributed by atoms with Gasteiger partial charge < -0.3 is 4.74 Å². The van der Waals surface area contributed by atoms with E-state index >= 15 is 0 Å². The van der Waals surface area contributed by atoms with Gasteiger partial charge in [-0.1, -0.05) is 44.2 Å². The summed E-state index contributed by atoms with van der Waals surface area (Å²) in [5.41, 5.74) is 3.91. The molecule has 0 aromatic rings. The van der Waals surface area contributed by atoms with E-state index in [1.807, 2.05) is 37.3 Å². The first-order valence-corrected chi connectivity index (χ1v) is 6.33. The Kier molecular flexibility index (Phi) is 3.66. The molecule has 2 rings (SSSR count). The first-order chi connectivity index (χ1) is 8.63. The van der Waals surface area contributed by atoms with Crippen molar-refractivity contribution >= 4 is 5.97 Å². The van der Waals surface area contributed by atoms with E-state index < -0.39 is 0 Å². The van der Waals surface area contributed by atoms with Crippen molar-refractivity contribution in [2.45, 2.75) is 26.7 Å². The molecule has 0 aromatic carbocycles. The van der Waals surface area contributed by atoms with Gasteiger partial charge in [0, 0.05) is 0 Å². The minimum atomic E-state index is -0.250. The fourth-order valence-corrected chi connectivity index (χ4v) is 2.05. The van der Waals surface area contributed by atoms with Gasteiger partial charge in [-0.3, -0.25) is 0 Å². The monoisotopic (exact) mass is 242 g/mol. The Morgan fingerprint density at radius 2 is 2.00 bits per heavy atom. The van der Waals surface area contributed by atoms with Crippen LogP contribution in [0, 0.1) is 0 Å². The minimum Gasteiger partial charge on any atom is -0.462 e. The zero-order valence-corrected chi connectivity index (χ0v) is 11.1. The van der Waals surface area contributed by atoms with Crippen LogP contribution in [0.2, 0.25) is 0 Å². The molecule has 2 aliphatic rings. The maximum absolute atomic E-state index is 12.0. The number of esters is 1. The van der Waals surface area contributed by atoms with E-state index in [1.165, 1.54) is 5.56 Å². The van der Waals surface area contributed by atoms with Crippen molar-refractivity contribution in [3.63, 3.8) is 0 Å². The van der Waals surface area contributed by atoms with Gasteiger partial charge in [-0.05, 0) is 35.6 Å². The summed E-state index contributed by atoms with van der Waals surface area (Å²) in [7, 11) is 0. The van der Waals surface area contributed by atoms with Gasteiger partial charge in [-0.15, -0.1) is 0 Å². The first-order valence-electron chi connectivity index (χ1n) is 6.33. The Hall–Kier alpha value is -1.83. The van der Waals surface area contributed by atoms with Crippen molar-refractivity contribution < 1.29 is 9.53 Å². The van der Waals surface area contributed by atoms with E-state index in [9.17, 15) is 4.79 Å². The lowest BCUT2D eigenvalue weighted by Crippen LogP contribution is -2.04. The lowest BCUT2D eigenvalue weighted by molar-refractivity contribution is 0.0527. The smallest absolute Gasteiger partial charge is 0.338 e. The molecule has 2 heteroatoms. The summed E-state index contributed by atoms with van der Waals surface area (Å²) < 4.78 is 5.11. The number of hydrogen-bond acceptors (Lipinski definition) is 2. The molecule has 0 saturated heterocycles. The minimum absolute atomic E-state index is 0.250. The number of fused-ring (bicyclic) bond motifs is 1.